The summed E-state index contributed by atoms with van der Waals surface area (Å²) in [5.74, 6) is -1.46. The summed E-state index contributed by atoms with van der Waals surface area (Å²) < 4.78 is 26.9. The molecule has 1 aromatic carbocycles. The lowest BCUT2D eigenvalue weighted by Crippen LogP contribution is -2.47. The van der Waals surface area contributed by atoms with E-state index in [1.165, 1.54) is 4.90 Å². The van der Waals surface area contributed by atoms with Gasteiger partial charge in [-0.25, -0.2) is 13.6 Å². The zero-order valence-electron chi connectivity index (χ0n) is 10.8. The second-order valence-electron chi connectivity index (χ2n) is 5.32. The van der Waals surface area contributed by atoms with Crippen LogP contribution in [-0.4, -0.2) is 22.4 Å². The summed E-state index contributed by atoms with van der Waals surface area (Å²) in [5, 5.41) is 2.29. The van der Waals surface area contributed by atoms with E-state index in [1.54, 1.807) is 0 Å². The van der Waals surface area contributed by atoms with Crippen LogP contribution in [0.1, 0.15) is 31.2 Å². The summed E-state index contributed by atoms with van der Waals surface area (Å²) in [4.78, 5) is 25.3. The lowest BCUT2D eigenvalue weighted by molar-refractivity contribution is -0.126. The van der Waals surface area contributed by atoms with Gasteiger partial charge in [0, 0.05) is 5.56 Å². The highest BCUT2D eigenvalue weighted by atomic mass is 19.1. The van der Waals surface area contributed by atoms with Gasteiger partial charge in [-0.15, -0.1) is 0 Å². The van der Waals surface area contributed by atoms with E-state index >= 15 is 0 Å². The van der Waals surface area contributed by atoms with Crippen LogP contribution in [0.3, 0.4) is 0 Å². The van der Waals surface area contributed by atoms with Crippen LogP contribution in [0.4, 0.5) is 13.6 Å². The maximum Gasteiger partial charge on any atom is 0.325 e. The smallest absolute Gasteiger partial charge is 0.305 e. The van der Waals surface area contributed by atoms with Gasteiger partial charge in [0.1, 0.15) is 17.2 Å². The number of nitrogens with one attached hydrogen (secondary N) is 1. The van der Waals surface area contributed by atoms with Crippen LogP contribution < -0.4 is 5.32 Å². The molecule has 20 heavy (non-hydrogen) atoms. The normalized spacial score (nSPS) is 20.8. The van der Waals surface area contributed by atoms with E-state index in [1.807, 2.05) is 0 Å². The topological polar surface area (TPSA) is 49.4 Å². The molecule has 4 nitrogen and oxygen atoms in total. The van der Waals surface area contributed by atoms with E-state index in [2.05, 4.69) is 5.32 Å². The van der Waals surface area contributed by atoms with E-state index in [-0.39, 0.29) is 18.0 Å². The molecular weight excluding hydrogens is 266 g/mol. The Bertz CT molecular complexity index is 583. The van der Waals surface area contributed by atoms with Gasteiger partial charge in [-0.2, -0.15) is 0 Å². The van der Waals surface area contributed by atoms with Crippen LogP contribution in [0.5, 0.6) is 0 Å². The number of hydrogen-bond donors (Lipinski definition) is 1. The maximum absolute atomic E-state index is 13.7. The van der Waals surface area contributed by atoms with E-state index in [9.17, 15) is 18.4 Å². The molecule has 3 rings (SSSR count). The minimum absolute atomic E-state index is 0.0844. The van der Waals surface area contributed by atoms with Gasteiger partial charge in [-0.05, 0) is 31.0 Å². The van der Waals surface area contributed by atoms with Gasteiger partial charge in [0.15, 0.2) is 0 Å². The van der Waals surface area contributed by atoms with E-state index in [0.717, 1.165) is 31.0 Å². The number of hydrogen-bond acceptors (Lipinski definition) is 2. The number of urea groups is 1. The van der Waals surface area contributed by atoms with E-state index in [0.29, 0.717) is 12.8 Å². The third-order valence-corrected chi connectivity index (χ3v) is 4.17. The van der Waals surface area contributed by atoms with Gasteiger partial charge in [0.2, 0.25) is 0 Å². The Morgan fingerprint density at radius 3 is 2.60 bits per heavy atom. The van der Waals surface area contributed by atoms with Crippen molar-refractivity contribution in [2.45, 2.75) is 37.8 Å². The van der Waals surface area contributed by atoms with Crippen LogP contribution >= 0.6 is 0 Å². The molecule has 1 aliphatic heterocycles. The number of halogens is 2. The molecule has 1 saturated carbocycles. The first-order valence-corrected chi connectivity index (χ1v) is 6.60. The van der Waals surface area contributed by atoms with Crippen LogP contribution in [0.25, 0.3) is 0 Å². The Hall–Kier alpha value is -1.98. The average molecular weight is 280 g/mol. The number of amides is 3. The van der Waals surface area contributed by atoms with Crippen molar-refractivity contribution in [3.8, 4) is 0 Å². The number of carbonyl (C=O) groups is 2. The van der Waals surface area contributed by atoms with Gasteiger partial charge in [-0.1, -0.05) is 12.8 Å². The molecule has 0 atom stereocenters. The standard InChI is InChI=1S/C14H14F2N2O2/c15-10-3-4-11(16)9(7-10)8-18-13(20)17-12(19)14(18)5-1-2-6-14/h3-4,7H,1-2,5-6,8H2,(H,17,19,20). The number of rotatable bonds is 2. The molecule has 6 heteroatoms. The van der Waals surface area contributed by atoms with Gasteiger partial charge in [0.25, 0.3) is 5.91 Å². The second-order valence-corrected chi connectivity index (χ2v) is 5.32. The Kier molecular flexibility index (Phi) is 2.96. The lowest BCUT2D eigenvalue weighted by atomic mass is 9.95. The van der Waals surface area contributed by atoms with Crippen molar-refractivity contribution < 1.29 is 18.4 Å². The quantitative estimate of drug-likeness (QED) is 0.845. The summed E-state index contributed by atoms with van der Waals surface area (Å²) in [6.07, 6.45) is 2.84. The summed E-state index contributed by atoms with van der Waals surface area (Å²) in [6.45, 7) is -0.0961. The number of carbonyl (C=O) groups excluding carboxylic acids is 2. The SMILES string of the molecule is O=C1NC(=O)C2(CCCC2)N1Cc1cc(F)ccc1F. The fraction of sp³-hybridized carbons (Fsp3) is 0.429. The first-order chi connectivity index (χ1) is 9.53. The van der Waals surface area contributed by atoms with Crippen molar-refractivity contribution in [2.75, 3.05) is 0 Å². The highest BCUT2D eigenvalue weighted by Gasteiger charge is 2.54. The molecule has 1 N–H and O–H groups in total. The van der Waals surface area contributed by atoms with Crippen LogP contribution in [0.15, 0.2) is 18.2 Å². The summed E-state index contributed by atoms with van der Waals surface area (Å²) in [7, 11) is 0. The average Bonchev–Trinajstić information content (AvgIpc) is 2.97. The van der Waals surface area contributed by atoms with Crippen LogP contribution in [0, 0.1) is 11.6 Å². The zero-order chi connectivity index (χ0) is 14.3. The van der Waals surface area contributed by atoms with E-state index < -0.39 is 23.2 Å². The van der Waals surface area contributed by atoms with Gasteiger partial charge in [-0.3, -0.25) is 10.1 Å². The fourth-order valence-corrected chi connectivity index (χ4v) is 3.11. The van der Waals surface area contributed by atoms with Crippen molar-refractivity contribution in [1.82, 2.24) is 10.2 Å². The number of benzene rings is 1. The molecule has 0 aromatic heterocycles. The maximum atomic E-state index is 13.7. The molecular formula is C14H14F2N2O2. The fourth-order valence-electron chi connectivity index (χ4n) is 3.11. The molecule has 3 amide bonds. The van der Waals surface area contributed by atoms with E-state index in [4.69, 9.17) is 0 Å². The Balaban J connectivity index is 1.94. The zero-order valence-corrected chi connectivity index (χ0v) is 10.8. The molecule has 1 saturated heterocycles. The molecule has 1 aliphatic carbocycles. The van der Waals surface area contributed by atoms with Crippen molar-refractivity contribution in [2.24, 2.45) is 0 Å². The molecule has 0 radical (unpaired) electrons. The Morgan fingerprint density at radius 1 is 1.20 bits per heavy atom. The Labute approximate surface area is 114 Å². The minimum atomic E-state index is -0.879. The van der Waals surface area contributed by atoms with Crippen LogP contribution in [0.2, 0.25) is 0 Å². The first kappa shape index (κ1) is 13.0. The molecule has 1 heterocycles. The third-order valence-electron chi connectivity index (χ3n) is 4.17. The second kappa shape index (κ2) is 4.54. The summed E-state index contributed by atoms with van der Waals surface area (Å²) >= 11 is 0. The predicted octanol–water partition coefficient (Wildman–Crippen LogP) is 2.33. The highest BCUT2D eigenvalue weighted by Crippen LogP contribution is 2.39. The van der Waals surface area contributed by atoms with Crippen molar-refractivity contribution >= 4 is 11.9 Å². The van der Waals surface area contributed by atoms with Gasteiger partial charge in [0.05, 0.1) is 6.54 Å². The van der Waals surface area contributed by atoms with Crippen molar-refractivity contribution in [1.29, 1.82) is 0 Å². The first-order valence-electron chi connectivity index (χ1n) is 6.60. The third kappa shape index (κ3) is 1.87. The van der Waals surface area contributed by atoms with Gasteiger partial charge >= 0.3 is 6.03 Å². The molecule has 1 aromatic rings. The molecule has 2 fully saturated rings. The monoisotopic (exact) mass is 280 g/mol. The largest absolute Gasteiger partial charge is 0.325 e. The molecule has 2 aliphatic rings. The number of nitrogens with zero attached hydrogens (tertiary/aromatic N) is 1. The number of imide groups is 1. The van der Waals surface area contributed by atoms with Crippen LogP contribution in [-0.2, 0) is 11.3 Å². The summed E-state index contributed by atoms with van der Waals surface area (Å²) in [5.41, 5.74) is -0.795. The minimum Gasteiger partial charge on any atom is -0.305 e. The summed E-state index contributed by atoms with van der Waals surface area (Å²) in [6, 6.07) is 2.59. The molecule has 0 bridgehead atoms. The predicted molar refractivity (Wildman–Crippen MR) is 66.6 cm³/mol. The molecule has 106 valence electrons. The lowest BCUT2D eigenvalue weighted by Gasteiger charge is -2.31. The Morgan fingerprint density at radius 2 is 1.90 bits per heavy atom. The molecule has 1 spiro atoms. The van der Waals surface area contributed by atoms with Gasteiger partial charge < -0.3 is 4.90 Å². The van der Waals surface area contributed by atoms with Crippen molar-refractivity contribution in [3.63, 3.8) is 0 Å². The molecule has 0 unspecified atom stereocenters. The highest BCUT2D eigenvalue weighted by molar-refractivity contribution is 6.07. The van der Waals surface area contributed by atoms with Crippen molar-refractivity contribution in [3.05, 3.63) is 35.4 Å².